The Bertz CT molecular complexity index is 2220. The Morgan fingerprint density at radius 2 is 1.94 bits per heavy atom. The second-order valence-corrected chi connectivity index (χ2v) is 16.2. The van der Waals surface area contributed by atoms with Gasteiger partial charge in [-0.25, -0.2) is 13.0 Å². The number of methoxy groups -OCH3 is 1. The summed E-state index contributed by atoms with van der Waals surface area (Å²) in [6, 6.07) is 6.02. The van der Waals surface area contributed by atoms with Crippen LogP contribution < -0.4 is 19.7 Å². The van der Waals surface area contributed by atoms with Gasteiger partial charge in [-0.1, -0.05) is 32.8 Å². The average Bonchev–Trinajstić information content (AvgIpc) is 3.82. The van der Waals surface area contributed by atoms with Crippen LogP contribution in [0.25, 0.3) is 32.9 Å². The summed E-state index contributed by atoms with van der Waals surface area (Å²) in [4.78, 5) is 16.1. The van der Waals surface area contributed by atoms with Crippen molar-refractivity contribution in [2.75, 3.05) is 38.5 Å². The number of pyridine rings is 1. The summed E-state index contributed by atoms with van der Waals surface area (Å²) in [7, 11) is -3.23. The van der Waals surface area contributed by atoms with Gasteiger partial charge in [-0.3, -0.25) is 9.54 Å². The van der Waals surface area contributed by atoms with E-state index in [2.05, 4.69) is 46.9 Å². The highest BCUT2D eigenvalue weighted by Gasteiger charge is 2.52. The highest BCUT2D eigenvalue weighted by atomic mass is 32.3. The van der Waals surface area contributed by atoms with Gasteiger partial charge in [0.15, 0.2) is 12.6 Å². The Balaban J connectivity index is 1.38. The van der Waals surface area contributed by atoms with E-state index in [1.807, 2.05) is 0 Å². The van der Waals surface area contributed by atoms with Gasteiger partial charge in [0, 0.05) is 54.3 Å². The van der Waals surface area contributed by atoms with E-state index in [-0.39, 0.29) is 64.1 Å². The molecule has 2 aliphatic heterocycles. The smallest absolute Gasteiger partial charge is 0.397 e. The van der Waals surface area contributed by atoms with Gasteiger partial charge in [0.2, 0.25) is 0 Å². The van der Waals surface area contributed by atoms with E-state index in [9.17, 15) is 13.0 Å². The molecule has 2 aromatic carbocycles. The maximum Gasteiger partial charge on any atom is 0.397 e. The van der Waals surface area contributed by atoms with Crippen molar-refractivity contribution in [2.45, 2.75) is 71.1 Å². The van der Waals surface area contributed by atoms with Crippen LogP contribution in [-0.4, -0.2) is 79.2 Å². The number of ether oxygens (including phenoxy) is 3. The summed E-state index contributed by atoms with van der Waals surface area (Å²) in [6.07, 6.45) is 9.45. The molecule has 276 valence electrons. The Hall–Kier alpha value is -4.20. The Morgan fingerprint density at radius 3 is 2.62 bits per heavy atom. The number of piperazine rings is 1. The van der Waals surface area contributed by atoms with E-state index in [0.717, 1.165) is 12.8 Å². The number of hydrogen-bond donors (Lipinski definition) is 2. The van der Waals surface area contributed by atoms with Crippen LogP contribution in [0, 0.1) is 34.8 Å². The van der Waals surface area contributed by atoms with Gasteiger partial charge < -0.3 is 24.4 Å². The van der Waals surface area contributed by atoms with Crippen molar-refractivity contribution in [1.82, 2.24) is 20.3 Å². The molecule has 2 bridgehead atoms. The van der Waals surface area contributed by atoms with Gasteiger partial charge in [0.1, 0.15) is 28.6 Å². The number of rotatable bonds is 11. The molecule has 15 heteroatoms. The number of terminal acetylenes is 1. The Labute approximate surface area is 301 Å². The van der Waals surface area contributed by atoms with Gasteiger partial charge >= 0.3 is 16.4 Å². The number of halogens is 2. The zero-order valence-electron chi connectivity index (χ0n) is 29.6. The number of nitrogens with zero attached hydrogens (tertiary/aromatic N) is 4. The molecular formula is C37H41F2N5O7S. The van der Waals surface area contributed by atoms with Gasteiger partial charge in [-0.05, 0) is 61.6 Å². The van der Waals surface area contributed by atoms with Crippen molar-refractivity contribution in [1.29, 1.82) is 0 Å². The van der Waals surface area contributed by atoms with Crippen LogP contribution >= 0.6 is 0 Å². The standard InChI is InChI=1S/C37H41F2N5O7S/c1-7-25-28(38)9-8-22-14-24(50-20-48-6)15-26(29(22)25)31-30(39)32-27(16-40-31)33(44-17-23-10-11-37(18-44,43-23)35(3,4)5)42-34(41-32)49-19-36(12-13-36)21(2)51-52(45,46)47/h1,8-9,14-16,21,23,43H,10-13,17-20H2,2-6H3,(H,45,46,47). The lowest BCUT2D eigenvalue weighted by molar-refractivity contribution is 0.0512. The first kappa shape index (κ1) is 36.2. The molecule has 1 saturated carbocycles. The number of fused-ring (bicyclic) bond motifs is 4. The third kappa shape index (κ3) is 6.51. The summed E-state index contributed by atoms with van der Waals surface area (Å²) in [5, 5.41) is 4.96. The minimum absolute atomic E-state index is 0.0430. The first-order valence-corrected chi connectivity index (χ1v) is 18.5. The lowest BCUT2D eigenvalue weighted by Crippen LogP contribution is -2.65. The van der Waals surface area contributed by atoms with Crippen LogP contribution in [0.4, 0.5) is 14.6 Å². The van der Waals surface area contributed by atoms with Crippen molar-refractivity contribution in [3.8, 4) is 35.4 Å². The van der Waals surface area contributed by atoms with E-state index in [1.165, 1.54) is 31.5 Å². The molecule has 3 atom stereocenters. The molecule has 4 heterocycles. The Morgan fingerprint density at radius 1 is 1.17 bits per heavy atom. The van der Waals surface area contributed by atoms with E-state index < -0.39 is 33.6 Å². The highest BCUT2D eigenvalue weighted by Crippen LogP contribution is 2.51. The molecule has 52 heavy (non-hydrogen) atoms. The van der Waals surface area contributed by atoms with Gasteiger partial charge in [-0.2, -0.15) is 18.4 Å². The summed E-state index contributed by atoms with van der Waals surface area (Å²) >= 11 is 0. The molecule has 3 fully saturated rings. The SMILES string of the molecule is C#Cc1c(F)ccc2cc(OCOC)cc(-c3ncc4c(N5CC6CCC(C(C)(C)C)(C5)N6)nc(OCC5(C(C)OS(=O)(=O)O)CC5)nc4c3F)c12. The zero-order chi connectivity index (χ0) is 37.2. The molecule has 0 amide bonds. The van der Waals surface area contributed by atoms with Crippen molar-refractivity contribution in [3.63, 3.8) is 0 Å². The maximum absolute atomic E-state index is 17.2. The van der Waals surface area contributed by atoms with Crippen molar-refractivity contribution < 1.29 is 40.1 Å². The maximum atomic E-state index is 17.2. The number of aromatic nitrogens is 3. The summed E-state index contributed by atoms with van der Waals surface area (Å²) in [5.74, 6) is 1.71. The molecule has 12 nitrogen and oxygen atoms in total. The Kier molecular flexibility index (Phi) is 9.06. The van der Waals surface area contributed by atoms with Crippen LogP contribution in [0.15, 0.2) is 30.5 Å². The molecule has 1 aliphatic carbocycles. The monoisotopic (exact) mass is 737 g/mol. The summed E-state index contributed by atoms with van der Waals surface area (Å²) < 4.78 is 86.3. The molecule has 3 aliphatic rings. The molecule has 3 unspecified atom stereocenters. The zero-order valence-corrected chi connectivity index (χ0v) is 30.4. The number of benzene rings is 2. The van der Waals surface area contributed by atoms with Crippen molar-refractivity contribution in [3.05, 3.63) is 47.7 Å². The minimum atomic E-state index is -4.70. The molecular weight excluding hydrogens is 696 g/mol. The third-order valence-corrected chi connectivity index (χ3v) is 11.5. The second kappa shape index (κ2) is 13.0. The topological polar surface area (TPSA) is 145 Å². The second-order valence-electron chi connectivity index (χ2n) is 15.1. The number of anilines is 1. The number of nitrogens with one attached hydrogen (secondary N) is 1. The first-order valence-electron chi connectivity index (χ1n) is 17.1. The van der Waals surface area contributed by atoms with Crippen LogP contribution in [0.2, 0.25) is 0 Å². The molecule has 2 aromatic heterocycles. The largest absolute Gasteiger partial charge is 0.468 e. The van der Waals surface area contributed by atoms with Crippen LogP contribution in [0.1, 0.15) is 58.9 Å². The van der Waals surface area contributed by atoms with Gasteiger partial charge in [0.25, 0.3) is 0 Å². The van der Waals surface area contributed by atoms with Crippen LogP contribution in [0.3, 0.4) is 0 Å². The molecule has 4 aromatic rings. The van der Waals surface area contributed by atoms with Gasteiger partial charge in [0.05, 0.1) is 23.7 Å². The van der Waals surface area contributed by atoms with E-state index in [4.69, 9.17) is 29.8 Å². The molecule has 7 rings (SSSR count). The summed E-state index contributed by atoms with van der Waals surface area (Å²) in [5.41, 5.74) is -1.16. The lowest BCUT2D eigenvalue weighted by Gasteiger charge is -2.49. The minimum Gasteiger partial charge on any atom is -0.468 e. The fourth-order valence-corrected chi connectivity index (χ4v) is 8.22. The van der Waals surface area contributed by atoms with Crippen LogP contribution in [0.5, 0.6) is 11.8 Å². The normalized spacial score (nSPS) is 21.7. The summed E-state index contributed by atoms with van der Waals surface area (Å²) in [6.45, 7) is 9.18. The predicted molar refractivity (Wildman–Crippen MR) is 190 cm³/mol. The predicted octanol–water partition coefficient (Wildman–Crippen LogP) is 5.81. The van der Waals surface area contributed by atoms with Crippen molar-refractivity contribution in [2.24, 2.45) is 10.8 Å². The number of hydrogen-bond acceptors (Lipinski definition) is 11. The average molecular weight is 738 g/mol. The fourth-order valence-electron chi connectivity index (χ4n) is 7.65. The molecule has 0 radical (unpaired) electrons. The third-order valence-electron chi connectivity index (χ3n) is 11.0. The molecule has 0 spiro atoms. The van der Waals surface area contributed by atoms with E-state index in [1.54, 1.807) is 13.0 Å². The van der Waals surface area contributed by atoms with Crippen molar-refractivity contribution >= 4 is 37.9 Å². The quantitative estimate of drug-likeness (QED) is 0.109. The molecule has 2 N–H and O–H groups in total. The van der Waals surface area contributed by atoms with E-state index in [0.29, 0.717) is 48.3 Å². The van der Waals surface area contributed by atoms with Crippen LogP contribution in [-0.2, 0) is 19.3 Å². The molecule has 2 saturated heterocycles. The van der Waals surface area contributed by atoms with E-state index >= 15 is 8.78 Å². The fraction of sp³-hybridized carbons (Fsp3) is 0.486. The lowest BCUT2D eigenvalue weighted by atomic mass is 9.72. The highest BCUT2D eigenvalue weighted by molar-refractivity contribution is 7.80. The first-order chi connectivity index (χ1) is 24.6. The van der Waals surface area contributed by atoms with Gasteiger partial charge in [-0.15, -0.1) is 6.42 Å².